The van der Waals surface area contributed by atoms with Gasteiger partial charge in [0.15, 0.2) is 36.9 Å². The van der Waals surface area contributed by atoms with Crippen LogP contribution in [0.3, 0.4) is 0 Å². The fourth-order valence-electron chi connectivity index (χ4n) is 3.29. The Balaban J connectivity index is 1.62. The number of imidazole rings is 1. The van der Waals surface area contributed by atoms with E-state index in [4.69, 9.17) is 31.2 Å². The maximum atomic E-state index is 15.9. The zero-order valence-corrected chi connectivity index (χ0v) is 23.1. The molecule has 2 aliphatic heterocycles. The Morgan fingerprint density at radius 1 is 1.31 bits per heavy atom. The van der Waals surface area contributed by atoms with Crippen molar-refractivity contribution in [2.75, 3.05) is 23.8 Å². The van der Waals surface area contributed by atoms with Crippen molar-refractivity contribution in [2.24, 2.45) is 0 Å². The molecule has 0 aromatic carbocycles. The van der Waals surface area contributed by atoms with Gasteiger partial charge in [0.1, 0.15) is 24.1 Å². The van der Waals surface area contributed by atoms with Crippen molar-refractivity contribution in [3.8, 4) is 0 Å². The number of ether oxygens (including phenoxy) is 1. The molecule has 4 atom stereocenters. The van der Waals surface area contributed by atoms with E-state index in [1.54, 1.807) is 27.3 Å². The van der Waals surface area contributed by atoms with Crippen LogP contribution in [0.4, 0.5) is 10.2 Å². The molecule has 2 saturated heterocycles. The second-order valence-electron chi connectivity index (χ2n) is 9.35. The number of nitrogens with zero attached hydrogens (tertiary/aromatic N) is 4. The summed E-state index contributed by atoms with van der Waals surface area (Å²) in [5.74, 6) is 2.08. The van der Waals surface area contributed by atoms with Crippen molar-refractivity contribution in [3.63, 3.8) is 0 Å². The molecule has 4 rings (SSSR count). The van der Waals surface area contributed by atoms with Crippen LogP contribution in [0, 0.1) is 0 Å². The molecule has 0 bridgehead atoms. The molecule has 2 aliphatic rings. The van der Waals surface area contributed by atoms with Gasteiger partial charge in [0.25, 0.3) is 0 Å². The van der Waals surface area contributed by atoms with E-state index in [2.05, 4.69) is 48.8 Å². The summed E-state index contributed by atoms with van der Waals surface area (Å²) in [5, 5.41) is 0.0227. The number of nitrogen functional groups attached to an aromatic ring is 1. The number of hydrogen-bond acceptors (Lipinski definition) is 10. The molecule has 0 radical (unpaired) electrons. The fraction of sp³-hybridized carbons (Fsp3) is 0.722. The predicted octanol–water partition coefficient (Wildman–Crippen LogP) is 4.76. The number of rotatable bonds is 6. The first-order valence-corrected chi connectivity index (χ1v) is 19.2. The molecule has 0 aliphatic carbocycles. The third-order valence-corrected chi connectivity index (χ3v) is 20.4. The van der Waals surface area contributed by atoms with Crippen molar-refractivity contribution in [3.05, 3.63) is 12.7 Å². The number of fused-ring (bicyclic) bond motifs is 1. The third kappa shape index (κ3) is 4.77. The van der Waals surface area contributed by atoms with Crippen LogP contribution >= 0.6 is 27.4 Å². The van der Waals surface area contributed by atoms with Gasteiger partial charge in [-0.3, -0.25) is 4.57 Å². The largest absolute Gasteiger partial charge is 0.414 e. The third-order valence-electron chi connectivity index (χ3n) is 6.18. The van der Waals surface area contributed by atoms with Gasteiger partial charge in [0, 0.05) is 11.5 Å². The van der Waals surface area contributed by atoms with Crippen molar-refractivity contribution in [1.29, 1.82) is 0 Å². The van der Waals surface area contributed by atoms with Crippen LogP contribution in [0.2, 0.25) is 18.1 Å². The van der Waals surface area contributed by atoms with E-state index in [1.807, 2.05) is 0 Å². The molecule has 0 spiro atoms. The van der Waals surface area contributed by atoms with Crippen molar-refractivity contribution in [2.45, 2.75) is 63.5 Å². The summed E-state index contributed by atoms with van der Waals surface area (Å²) in [5.41, 5.74) is 6.74. The zero-order valence-electron chi connectivity index (χ0n) is 18.7. The lowest BCUT2D eigenvalue weighted by Crippen LogP contribution is -2.44. The van der Waals surface area contributed by atoms with Crippen LogP contribution in [0.1, 0.15) is 27.0 Å². The SMILES string of the molecule is CC(C)(C)[Si](C)(C)OC[C@H]1O[C@@H](n2cnc3c(N)ncnc32)[C@H](F)[C@@H]1OP1(=S)SCCS1. The van der Waals surface area contributed by atoms with Gasteiger partial charge in [-0.2, -0.15) is 0 Å². The molecule has 2 N–H and O–H groups in total. The van der Waals surface area contributed by atoms with Crippen LogP contribution in [0.5, 0.6) is 0 Å². The molecule has 2 aromatic rings. The number of nitrogens with two attached hydrogens (primary N) is 1. The number of aromatic nitrogens is 4. The standard InChI is InChI=1S/C18H29FN5O3PS3Si/c1-18(2,3)32(4,5)25-8-11-14(27-28(29)30-6-7-31-28)12(19)17(26-11)24-10-23-13-15(20)21-9-22-16(13)24/h9-12,14,17H,6-8H2,1-5H3,(H2,20,21,22)/t11-,12-,14-,17-/m1/s1. The fourth-order valence-corrected chi connectivity index (χ4v) is 13.6. The zero-order chi connectivity index (χ0) is 23.3. The highest BCUT2D eigenvalue weighted by Gasteiger charge is 2.51. The van der Waals surface area contributed by atoms with Crippen LogP contribution in [0.25, 0.3) is 11.2 Å². The second kappa shape index (κ2) is 9.07. The minimum absolute atomic E-state index is 0.0227. The smallest absolute Gasteiger partial charge is 0.192 e. The first kappa shape index (κ1) is 24.8. The van der Waals surface area contributed by atoms with Gasteiger partial charge in [-0.1, -0.05) is 43.5 Å². The second-order valence-corrected chi connectivity index (χ2v) is 24.9. The molecule has 2 fully saturated rings. The van der Waals surface area contributed by atoms with Gasteiger partial charge < -0.3 is 19.4 Å². The van der Waals surface area contributed by atoms with E-state index >= 15 is 4.39 Å². The van der Waals surface area contributed by atoms with Gasteiger partial charge in [-0.05, 0) is 29.9 Å². The van der Waals surface area contributed by atoms with Crippen LogP contribution < -0.4 is 5.73 Å². The average Bonchev–Trinajstić information content (AvgIpc) is 3.39. The molecule has 0 unspecified atom stereocenters. The van der Waals surface area contributed by atoms with Gasteiger partial charge in [-0.15, -0.1) is 0 Å². The van der Waals surface area contributed by atoms with E-state index in [1.165, 1.54) is 12.7 Å². The van der Waals surface area contributed by atoms with E-state index in [0.717, 1.165) is 11.5 Å². The summed E-state index contributed by atoms with van der Waals surface area (Å²) in [4.78, 5) is 12.5. The Morgan fingerprint density at radius 3 is 2.66 bits per heavy atom. The molecule has 0 amide bonds. The van der Waals surface area contributed by atoms with E-state index in [-0.39, 0.29) is 17.5 Å². The summed E-state index contributed by atoms with van der Waals surface area (Å²) in [6, 6.07) is 0. The van der Waals surface area contributed by atoms with Crippen molar-refractivity contribution >= 4 is 64.5 Å². The van der Waals surface area contributed by atoms with E-state index in [0.29, 0.717) is 11.2 Å². The van der Waals surface area contributed by atoms with Gasteiger partial charge in [0.2, 0.25) is 0 Å². The highest BCUT2D eigenvalue weighted by Crippen LogP contribution is 2.75. The van der Waals surface area contributed by atoms with E-state index < -0.39 is 37.6 Å². The summed E-state index contributed by atoms with van der Waals surface area (Å²) in [7, 11) is -2.07. The van der Waals surface area contributed by atoms with Crippen molar-refractivity contribution < 1.29 is 18.1 Å². The highest BCUT2D eigenvalue weighted by molar-refractivity contribution is 9.00. The van der Waals surface area contributed by atoms with Gasteiger partial charge in [0.05, 0.1) is 12.9 Å². The molecule has 4 heterocycles. The molecule has 32 heavy (non-hydrogen) atoms. The molecule has 14 heteroatoms. The lowest BCUT2D eigenvalue weighted by molar-refractivity contribution is -0.0401. The molecule has 2 aromatic heterocycles. The first-order chi connectivity index (χ1) is 14.9. The lowest BCUT2D eigenvalue weighted by atomic mass is 10.1. The average molecular weight is 538 g/mol. The number of hydrogen-bond donors (Lipinski definition) is 1. The molecular formula is C18H29FN5O3PS3Si. The Morgan fingerprint density at radius 2 is 2.00 bits per heavy atom. The minimum atomic E-state index is -2.22. The Kier molecular flexibility index (Phi) is 7.04. The van der Waals surface area contributed by atoms with Crippen LogP contribution in [-0.4, -0.2) is 64.3 Å². The maximum absolute atomic E-state index is 15.9. The summed E-state index contributed by atoms with van der Waals surface area (Å²) >= 11 is 9.01. The monoisotopic (exact) mass is 537 g/mol. The Hall–Kier alpha value is -0.273. The number of halogens is 1. The maximum Gasteiger partial charge on any atom is 0.192 e. The van der Waals surface area contributed by atoms with Gasteiger partial charge in [-0.25, -0.2) is 19.3 Å². The van der Waals surface area contributed by atoms with Crippen LogP contribution in [0.15, 0.2) is 12.7 Å². The first-order valence-electron chi connectivity index (χ1n) is 10.4. The molecule has 178 valence electrons. The topological polar surface area (TPSA) is 97.3 Å². The molecule has 8 nitrogen and oxygen atoms in total. The quantitative estimate of drug-likeness (QED) is 0.410. The summed E-state index contributed by atoms with van der Waals surface area (Å²) in [6.07, 6.45) is -1.03. The highest BCUT2D eigenvalue weighted by atomic mass is 33.2. The van der Waals surface area contributed by atoms with Gasteiger partial charge >= 0.3 is 0 Å². The predicted molar refractivity (Wildman–Crippen MR) is 136 cm³/mol. The minimum Gasteiger partial charge on any atom is -0.414 e. The number of anilines is 1. The van der Waals surface area contributed by atoms with E-state index in [9.17, 15) is 0 Å². The molecular weight excluding hydrogens is 508 g/mol. The Labute approximate surface area is 201 Å². The van der Waals surface area contributed by atoms with Crippen LogP contribution in [-0.2, 0) is 25.5 Å². The normalized spacial score (nSPS) is 28.6. The summed E-state index contributed by atoms with van der Waals surface area (Å²) in [6.45, 7) is 11.1. The van der Waals surface area contributed by atoms with Crippen molar-refractivity contribution in [1.82, 2.24) is 19.5 Å². The summed E-state index contributed by atoms with van der Waals surface area (Å²) < 4.78 is 34.1. The lowest BCUT2D eigenvalue weighted by Gasteiger charge is -2.37. The molecule has 0 saturated carbocycles. The number of alkyl halides is 1. The Bertz CT molecular complexity index is 1030.